The number of hydrogen-bond acceptors (Lipinski definition) is 2. The van der Waals surface area contributed by atoms with Crippen LogP contribution in [0.3, 0.4) is 0 Å². The number of likely N-dealkylation sites (N-methyl/N-ethyl adjacent to an activating group) is 1. The molecule has 1 aliphatic heterocycles. The molecule has 3 nitrogen and oxygen atoms in total. The Morgan fingerprint density at radius 2 is 2.12 bits per heavy atom. The van der Waals surface area contributed by atoms with Crippen molar-refractivity contribution in [2.75, 3.05) is 16.8 Å². The zero-order valence-corrected chi connectivity index (χ0v) is 10.4. The highest BCUT2D eigenvalue weighted by Crippen LogP contribution is 2.41. The Morgan fingerprint density at radius 1 is 1.44 bits per heavy atom. The Hall–Kier alpha value is -1.22. The molecule has 0 atom stereocenters. The van der Waals surface area contributed by atoms with Gasteiger partial charge in [-0.2, -0.15) is 0 Å². The van der Waals surface area contributed by atoms with Crippen molar-refractivity contribution in [2.45, 2.75) is 26.3 Å². The third-order valence-corrected chi connectivity index (χ3v) is 3.36. The smallest absolute Gasteiger partial charge is 0.249 e. The predicted octanol–water partition coefficient (Wildman–Crippen LogP) is 2.90. The molecule has 2 rings (SSSR count). The first-order valence-corrected chi connectivity index (χ1v) is 5.74. The topological polar surface area (TPSA) is 32.3 Å². The van der Waals surface area contributed by atoms with Gasteiger partial charge >= 0.3 is 0 Å². The van der Waals surface area contributed by atoms with E-state index in [1.54, 1.807) is 0 Å². The average molecular weight is 239 g/mol. The monoisotopic (exact) mass is 238 g/mol. The van der Waals surface area contributed by atoms with Gasteiger partial charge in [-0.15, -0.1) is 0 Å². The quantitative estimate of drug-likeness (QED) is 0.816. The molecule has 1 amide bonds. The van der Waals surface area contributed by atoms with Gasteiger partial charge in [-0.1, -0.05) is 17.7 Å². The summed E-state index contributed by atoms with van der Waals surface area (Å²) >= 11 is 6.20. The van der Waals surface area contributed by atoms with Gasteiger partial charge < -0.3 is 10.2 Å². The van der Waals surface area contributed by atoms with Crippen LogP contribution in [-0.4, -0.2) is 18.0 Å². The van der Waals surface area contributed by atoms with E-state index in [1.807, 2.05) is 43.9 Å². The molecular weight excluding hydrogens is 224 g/mol. The maximum absolute atomic E-state index is 12.0. The predicted molar refractivity (Wildman–Crippen MR) is 67.2 cm³/mol. The summed E-state index contributed by atoms with van der Waals surface area (Å²) in [7, 11) is 0. The number of benzene rings is 1. The van der Waals surface area contributed by atoms with Crippen molar-refractivity contribution in [1.82, 2.24) is 0 Å². The molecule has 0 spiro atoms. The van der Waals surface area contributed by atoms with Crippen LogP contribution in [-0.2, 0) is 4.79 Å². The van der Waals surface area contributed by atoms with Gasteiger partial charge in [-0.05, 0) is 32.9 Å². The standard InChI is InChI=1S/C12H15ClN2O/c1-4-15-10-8(13)6-5-7-9(10)14-11(16)12(15,2)3/h5-7H,4H2,1-3H3,(H,14,16). The Morgan fingerprint density at radius 3 is 2.75 bits per heavy atom. The number of carbonyl (C=O) groups is 1. The number of nitrogens with one attached hydrogen (secondary N) is 1. The molecule has 0 saturated carbocycles. The highest BCUT2D eigenvalue weighted by atomic mass is 35.5. The molecular formula is C12H15ClN2O. The van der Waals surface area contributed by atoms with Crippen LogP contribution >= 0.6 is 11.6 Å². The molecule has 1 aromatic carbocycles. The number of carbonyl (C=O) groups excluding carboxylic acids is 1. The van der Waals surface area contributed by atoms with Crippen LogP contribution in [0.1, 0.15) is 20.8 Å². The third kappa shape index (κ3) is 1.47. The van der Waals surface area contributed by atoms with Gasteiger partial charge in [0.15, 0.2) is 0 Å². The molecule has 0 bridgehead atoms. The number of anilines is 2. The number of nitrogens with zero attached hydrogens (tertiary/aromatic N) is 1. The van der Waals surface area contributed by atoms with Gasteiger partial charge in [0.05, 0.1) is 16.4 Å². The van der Waals surface area contributed by atoms with Crippen molar-refractivity contribution < 1.29 is 4.79 Å². The molecule has 1 N–H and O–H groups in total. The van der Waals surface area contributed by atoms with E-state index >= 15 is 0 Å². The molecule has 0 saturated heterocycles. The second-order valence-electron chi connectivity index (χ2n) is 4.39. The number of rotatable bonds is 1. The normalized spacial score (nSPS) is 18.0. The number of para-hydroxylation sites is 1. The summed E-state index contributed by atoms with van der Waals surface area (Å²) in [4.78, 5) is 14.0. The summed E-state index contributed by atoms with van der Waals surface area (Å²) in [5.41, 5.74) is 1.14. The average Bonchev–Trinajstić information content (AvgIpc) is 2.21. The minimum absolute atomic E-state index is 0.00381. The van der Waals surface area contributed by atoms with E-state index in [4.69, 9.17) is 11.6 Å². The van der Waals surface area contributed by atoms with Gasteiger partial charge in [0.1, 0.15) is 5.54 Å². The minimum Gasteiger partial charge on any atom is -0.355 e. The summed E-state index contributed by atoms with van der Waals surface area (Å²) in [6.45, 7) is 6.57. The molecule has 4 heteroatoms. The first-order chi connectivity index (χ1) is 7.48. The lowest BCUT2D eigenvalue weighted by Crippen LogP contribution is -2.56. The fraction of sp³-hybridized carbons (Fsp3) is 0.417. The molecule has 0 aromatic heterocycles. The van der Waals surface area contributed by atoms with E-state index < -0.39 is 5.54 Å². The number of fused-ring (bicyclic) bond motifs is 1. The summed E-state index contributed by atoms with van der Waals surface area (Å²) in [6, 6.07) is 5.56. The van der Waals surface area contributed by atoms with Crippen molar-refractivity contribution in [1.29, 1.82) is 0 Å². The van der Waals surface area contributed by atoms with Gasteiger partial charge in [-0.25, -0.2) is 0 Å². The number of halogens is 1. The number of hydrogen-bond donors (Lipinski definition) is 1. The molecule has 86 valence electrons. The summed E-state index contributed by atoms with van der Waals surface area (Å²) in [6.07, 6.45) is 0. The fourth-order valence-corrected chi connectivity index (χ4v) is 2.40. The molecule has 0 unspecified atom stereocenters. The molecule has 0 radical (unpaired) electrons. The SMILES string of the molecule is CCN1c2c(Cl)cccc2NC(=O)C1(C)C. The van der Waals surface area contributed by atoms with Crippen LogP contribution in [0.5, 0.6) is 0 Å². The first-order valence-electron chi connectivity index (χ1n) is 5.36. The van der Waals surface area contributed by atoms with Crippen LogP contribution < -0.4 is 10.2 Å². The van der Waals surface area contributed by atoms with Gasteiger partial charge in [0.2, 0.25) is 5.91 Å². The van der Waals surface area contributed by atoms with E-state index in [2.05, 4.69) is 5.32 Å². The Kier molecular flexibility index (Phi) is 2.58. The van der Waals surface area contributed by atoms with E-state index in [9.17, 15) is 4.79 Å². The molecule has 0 fully saturated rings. The van der Waals surface area contributed by atoms with Gasteiger partial charge in [-0.3, -0.25) is 4.79 Å². The highest BCUT2D eigenvalue weighted by molar-refractivity contribution is 6.34. The second-order valence-corrected chi connectivity index (χ2v) is 4.80. The minimum atomic E-state index is -0.563. The van der Waals surface area contributed by atoms with Crippen LogP contribution in [0, 0.1) is 0 Å². The number of amides is 1. The second kappa shape index (κ2) is 3.67. The van der Waals surface area contributed by atoms with Crippen LogP contribution in [0.25, 0.3) is 0 Å². The van der Waals surface area contributed by atoms with Crippen molar-refractivity contribution in [2.24, 2.45) is 0 Å². The lowest BCUT2D eigenvalue weighted by atomic mass is 9.96. The van der Waals surface area contributed by atoms with E-state index in [0.717, 1.165) is 17.9 Å². The molecule has 16 heavy (non-hydrogen) atoms. The Labute approximate surface area is 100 Å². The van der Waals surface area contributed by atoms with Crippen LogP contribution in [0.15, 0.2) is 18.2 Å². The van der Waals surface area contributed by atoms with E-state index in [0.29, 0.717) is 5.02 Å². The van der Waals surface area contributed by atoms with Crippen molar-refractivity contribution >= 4 is 28.9 Å². The zero-order valence-electron chi connectivity index (χ0n) is 9.67. The Balaban J connectivity index is 2.63. The zero-order chi connectivity index (χ0) is 11.9. The Bertz CT molecular complexity index is 443. The maximum atomic E-state index is 12.0. The van der Waals surface area contributed by atoms with E-state index in [-0.39, 0.29) is 5.91 Å². The third-order valence-electron chi connectivity index (χ3n) is 3.05. The van der Waals surface area contributed by atoms with Crippen LogP contribution in [0.4, 0.5) is 11.4 Å². The maximum Gasteiger partial charge on any atom is 0.249 e. The first kappa shape index (κ1) is 11.3. The summed E-state index contributed by atoms with van der Waals surface area (Å²) in [5.74, 6) is 0.00381. The van der Waals surface area contributed by atoms with Crippen molar-refractivity contribution in [3.63, 3.8) is 0 Å². The largest absolute Gasteiger partial charge is 0.355 e. The summed E-state index contributed by atoms with van der Waals surface area (Å²) in [5, 5.41) is 3.56. The van der Waals surface area contributed by atoms with E-state index in [1.165, 1.54) is 0 Å². The molecule has 1 aromatic rings. The van der Waals surface area contributed by atoms with Crippen molar-refractivity contribution in [3.05, 3.63) is 23.2 Å². The molecule has 0 aliphatic carbocycles. The summed E-state index contributed by atoms with van der Waals surface area (Å²) < 4.78 is 0. The highest BCUT2D eigenvalue weighted by Gasteiger charge is 2.40. The van der Waals surface area contributed by atoms with Crippen LogP contribution in [0.2, 0.25) is 5.02 Å². The fourth-order valence-electron chi connectivity index (χ4n) is 2.12. The lowest BCUT2D eigenvalue weighted by molar-refractivity contribution is -0.120. The van der Waals surface area contributed by atoms with Crippen molar-refractivity contribution in [3.8, 4) is 0 Å². The van der Waals surface area contributed by atoms with Gasteiger partial charge in [0.25, 0.3) is 0 Å². The van der Waals surface area contributed by atoms with Gasteiger partial charge in [0, 0.05) is 6.54 Å². The molecule has 1 aliphatic rings. The lowest BCUT2D eigenvalue weighted by Gasteiger charge is -2.43. The molecule has 1 heterocycles.